The molecule has 1 heterocycles. The second-order valence-electron chi connectivity index (χ2n) is 4.22. The van der Waals surface area contributed by atoms with Crippen molar-refractivity contribution in [3.8, 4) is 0 Å². The Balaban J connectivity index is 1.98. The van der Waals surface area contributed by atoms with E-state index in [9.17, 15) is 10.2 Å². The van der Waals surface area contributed by atoms with Gasteiger partial charge < -0.3 is 14.9 Å². The zero-order valence-electron chi connectivity index (χ0n) is 9.58. The molecular formula is C15H12O3. The first kappa shape index (κ1) is 10.7. The van der Waals surface area contributed by atoms with E-state index in [-0.39, 0.29) is 11.5 Å². The van der Waals surface area contributed by atoms with Gasteiger partial charge in [0.1, 0.15) is 17.6 Å². The minimum Gasteiger partial charge on any atom is -0.508 e. The number of hydrogen-bond donors (Lipinski definition) is 2. The highest BCUT2D eigenvalue weighted by molar-refractivity contribution is 5.76. The topological polar surface area (TPSA) is 49.7 Å². The van der Waals surface area contributed by atoms with Gasteiger partial charge in [0.2, 0.25) is 0 Å². The lowest BCUT2D eigenvalue weighted by molar-refractivity contribution is 0.200. The van der Waals surface area contributed by atoms with Gasteiger partial charge in [0.25, 0.3) is 0 Å². The Kier molecular flexibility index (Phi) is 2.45. The molecule has 0 fully saturated rings. The van der Waals surface area contributed by atoms with Gasteiger partial charge in [-0.25, -0.2) is 0 Å². The maximum Gasteiger partial charge on any atom is 0.148 e. The average Bonchev–Trinajstić information content (AvgIpc) is 2.39. The number of rotatable bonds is 1. The van der Waals surface area contributed by atoms with Gasteiger partial charge in [0.05, 0.1) is 6.26 Å². The van der Waals surface area contributed by atoms with Gasteiger partial charge in [0, 0.05) is 23.3 Å². The maximum atomic E-state index is 9.82. The van der Waals surface area contributed by atoms with Crippen LogP contribution in [-0.4, -0.2) is 16.3 Å². The van der Waals surface area contributed by atoms with Crippen LogP contribution in [0.25, 0.3) is 5.57 Å². The van der Waals surface area contributed by atoms with Crippen LogP contribution in [0.2, 0.25) is 0 Å². The minimum atomic E-state index is -0.414. The molecule has 2 aliphatic rings. The third-order valence-electron chi connectivity index (χ3n) is 2.97. The summed E-state index contributed by atoms with van der Waals surface area (Å²) in [6.07, 6.45) is 5.98. The largest absolute Gasteiger partial charge is 0.508 e. The molecule has 0 bridgehead atoms. The third kappa shape index (κ3) is 1.80. The van der Waals surface area contributed by atoms with Gasteiger partial charge in [-0.05, 0) is 11.6 Å². The molecule has 1 aliphatic carbocycles. The highest BCUT2D eigenvalue weighted by Gasteiger charge is 2.25. The van der Waals surface area contributed by atoms with E-state index in [0.29, 0.717) is 5.57 Å². The van der Waals surface area contributed by atoms with E-state index in [2.05, 4.69) is 0 Å². The molecule has 0 aromatic heterocycles. The van der Waals surface area contributed by atoms with Crippen LogP contribution in [0.15, 0.2) is 71.9 Å². The van der Waals surface area contributed by atoms with Crippen molar-refractivity contribution in [1.29, 1.82) is 0 Å². The monoisotopic (exact) mass is 240 g/mol. The molecular weight excluding hydrogens is 228 g/mol. The molecule has 3 nitrogen and oxygen atoms in total. The number of allylic oxidation sites excluding steroid dienone is 3. The Morgan fingerprint density at radius 3 is 2.56 bits per heavy atom. The maximum absolute atomic E-state index is 9.82. The zero-order valence-corrected chi connectivity index (χ0v) is 9.58. The Bertz CT molecular complexity index is 591. The molecule has 90 valence electrons. The fourth-order valence-electron chi connectivity index (χ4n) is 2.06. The second-order valence-corrected chi connectivity index (χ2v) is 4.22. The molecule has 0 saturated heterocycles. The van der Waals surface area contributed by atoms with Crippen LogP contribution in [-0.2, 0) is 4.74 Å². The standard InChI is InChI=1S/C15H12O3/c16-12-7-14(17)13-6-11(9-18-15(13)8-12)10-4-2-1-3-5-10/h1-9,15-17H. The van der Waals surface area contributed by atoms with Crippen LogP contribution in [0, 0.1) is 0 Å². The van der Waals surface area contributed by atoms with E-state index >= 15 is 0 Å². The predicted molar refractivity (Wildman–Crippen MR) is 68.8 cm³/mol. The molecule has 18 heavy (non-hydrogen) atoms. The quantitative estimate of drug-likeness (QED) is 0.792. The van der Waals surface area contributed by atoms with Gasteiger partial charge in [-0.15, -0.1) is 0 Å². The van der Waals surface area contributed by atoms with E-state index in [1.807, 2.05) is 36.4 Å². The first-order valence-electron chi connectivity index (χ1n) is 5.68. The smallest absolute Gasteiger partial charge is 0.148 e. The normalized spacial score (nSPS) is 21.9. The van der Waals surface area contributed by atoms with Crippen molar-refractivity contribution < 1.29 is 14.9 Å². The lowest BCUT2D eigenvalue weighted by Crippen LogP contribution is -2.19. The molecule has 1 aromatic rings. The number of benzene rings is 1. The molecule has 1 aromatic carbocycles. The summed E-state index contributed by atoms with van der Waals surface area (Å²) in [7, 11) is 0. The van der Waals surface area contributed by atoms with E-state index < -0.39 is 6.10 Å². The zero-order chi connectivity index (χ0) is 12.5. The summed E-state index contributed by atoms with van der Waals surface area (Å²) in [5.41, 5.74) is 2.58. The van der Waals surface area contributed by atoms with Crippen molar-refractivity contribution in [2.75, 3.05) is 0 Å². The van der Waals surface area contributed by atoms with Crippen LogP contribution in [0.4, 0.5) is 0 Å². The van der Waals surface area contributed by atoms with Gasteiger partial charge >= 0.3 is 0 Å². The van der Waals surface area contributed by atoms with Crippen LogP contribution < -0.4 is 0 Å². The molecule has 1 aliphatic heterocycles. The van der Waals surface area contributed by atoms with Crippen LogP contribution >= 0.6 is 0 Å². The number of aliphatic hydroxyl groups is 2. The summed E-state index contributed by atoms with van der Waals surface area (Å²) in [6.45, 7) is 0. The van der Waals surface area contributed by atoms with Gasteiger partial charge in [-0.3, -0.25) is 0 Å². The van der Waals surface area contributed by atoms with Crippen molar-refractivity contribution >= 4 is 5.57 Å². The van der Waals surface area contributed by atoms with Gasteiger partial charge in [0.15, 0.2) is 0 Å². The van der Waals surface area contributed by atoms with Crippen LogP contribution in [0.1, 0.15) is 5.56 Å². The lowest BCUT2D eigenvalue weighted by atomic mass is 9.95. The number of hydrogen-bond acceptors (Lipinski definition) is 3. The van der Waals surface area contributed by atoms with Crippen molar-refractivity contribution in [3.63, 3.8) is 0 Å². The average molecular weight is 240 g/mol. The highest BCUT2D eigenvalue weighted by Crippen LogP contribution is 2.31. The van der Waals surface area contributed by atoms with E-state index in [1.165, 1.54) is 6.08 Å². The summed E-state index contributed by atoms with van der Waals surface area (Å²) in [5.74, 6) is 0.0627. The van der Waals surface area contributed by atoms with Crippen LogP contribution in [0.5, 0.6) is 0 Å². The lowest BCUT2D eigenvalue weighted by Gasteiger charge is -2.24. The number of aliphatic hydroxyl groups excluding tert-OH is 2. The van der Waals surface area contributed by atoms with Gasteiger partial charge in [-0.2, -0.15) is 0 Å². The number of fused-ring (bicyclic) bond motifs is 1. The fourth-order valence-corrected chi connectivity index (χ4v) is 2.06. The van der Waals surface area contributed by atoms with Crippen LogP contribution in [0.3, 0.4) is 0 Å². The Hall–Kier alpha value is -2.42. The first-order chi connectivity index (χ1) is 8.74. The molecule has 3 heteroatoms. The van der Waals surface area contributed by atoms with E-state index in [4.69, 9.17) is 4.74 Å². The van der Waals surface area contributed by atoms with E-state index in [1.54, 1.807) is 12.3 Å². The molecule has 0 saturated carbocycles. The summed E-state index contributed by atoms with van der Waals surface area (Å²) in [5, 5.41) is 19.2. The SMILES string of the molecule is OC1=CC2OC=C(c3ccccc3)C=C2C(O)=C1. The summed E-state index contributed by atoms with van der Waals surface area (Å²) < 4.78 is 5.52. The summed E-state index contributed by atoms with van der Waals surface area (Å²) in [4.78, 5) is 0. The van der Waals surface area contributed by atoms with Gasteiger partial charge in [-0.1, -0.05) is 30.3 Å². The van der Waals surface area contributed by atoms with Crippen molar-refractivity contribution in [2.24, 2.45) is 0 Å². The Morgan fingerprint density at radius 1 is 1.00 bits per heavy atom. The molecule has 1 unspecified atom stereocenters. The molecule has 1 atom stereocenters. The second kappa shape index (κ2) is 4.11. The third-order valence-corrected chi connectivity index (χ3v) is 2.97. The summed E-state index contributed by atoms with van der Waals surface area (Å²) in [6, 6.07) is 9.79. The minimum absolute atomic E-state index is 0.0196. The Labute approximate surface area is 105 Å². The van der Waals surface area contributed by atoms with Crippen molar-refractivity contribution in [2.45, 2.75) is 6.10 Å². The molecule has 0 radical (unpaired) electrons. The Morgan fingerprint density at radius 2 is 1.78 bits per heavy atom. The predicted octanol–water partition coefficient (Wildman–Crippen LogP) is 3.25. The fraction of sp³-hybridized carbons (Fsp3) is 0.0667. The highest BCUT2D eigenvalue weighted by atomic mass is 16.5. The van der Waals surface area contributed by atoms with Crippen molar-refractivity contribution in [3.05, 3.63) is 77.5 Å². The molecule has 2 N–H and O–H groups in total. The molecule has 3 rings (SSSR count). The molecule has 0 spiro atoms. The molecule has 0 amide bonds. The van der Waals surface area contributed by atoms with Crippen molar-refractivity contribution in [1.82, 2.24) is 0 Å². The summed E-state index contributed by atoms with van der Waals surface area (Å²) >= 11 is 0. The first-order valence-corrected chi connectivity index (χ1v) is 5.68. The number of ether oxygens (including phenoxy) is 1. The van der Waals surface area contributed by atoms with E-state index in [0.717, 1.165) is 11.1 Å².